The fourth-order valence-electron chi connectivity index (χ4n) is 2.68. The van der Waals surface area contributed by atoms with Crippen LogP contribution in [0.1, 0.15) is 6.42 Å². The third kappa shape index (κ3) is 2.30. The Morgan fingerprint density at radius 3 is 2.95 bits per heavy atom. The van der Waals surface area contributed by atoms with Crippen LogP contribution in [0.2, 0.25) is 0 Å². The van der Waals surface area contributed by atoms with Gasteiger partial charge < -0.3 is 10.2 Å². The summed E-state index contributed by atoms with van der Waals surface area (Å²) in [5.41, 5.74) is 1.39. The number of hydrogen-bond acceptors (Lipinski definition) is 5. The van der Waals surface area contributed by atoms with E-state index < -0.39 is 0 Å². The molecule has 0 saturated carbocycles. The van der Waals surface area contributed by atoms with Crippen molar-refractivity contribution in [3.05, 3.63) is 40.6 Å². The molecule has 2 heterocycles. The molecular weight excluding hydrogens is 256 g/mol. The number of nitro groups is 1. The van der Waals surface area contributed by atoms with Crippen LogP contribution in [0.25, 0.3) is 10.9 Å². The molecule has 0 bridgehead atoms. The van der Waals surface area contributed by atoms with E-state index in [4.69, 9.17) is 0 Å². The van der Waals surface area contributed by atoms with Crippen molar-refractivity contribution in [1.82, 2.24) is 9.88 Å². The van der Waals surface area contributed by atoms with Crippen molar-refractivity contribution < 1.29 is 4.92 Å². The highest BCUT2D eigenvalue weighted by molar-refractivity contribution is 5.95. The second kappa shape index (κ2) is 5.05. The predicted octanol–water partition coefficient (Wildman–Crippen LogP) is 2.26. The Hall–Kier alpha value is -2.21. The summed E-state index contributed by atoms with van der Waals surface area (Å²) in [6.45, 7) is 1.91. The van der Waals surface area contributed by atoms with Gasteiger partial charge in [0.1, 0.15) is 11.9 Å². The molecule has 104 valence electrons. The minimum atomic E-state index is -0.375. The third-order valence-corrected chi connectivity index (χ3v) is 3.69. The van der Waals surface area contributed by atoms with E-state index in [1.165, 1.54) is 6.20 Å². The topological polar surface area (TPSA) is 71.3 Å². The van der Waals surface area contributed by atoms with Crippen molar-refractivity contribution in [2.45, 2.75) is 12.5 Å². The van der Waals surface area contributed by atoms with E-state index in [-0.39, 0.29) is 16.7 Å². The summed E-state index contributed by atoms with van der Waals surface area (Å²) in [5, 5.41) is 15.4. The van der Waals surface area contributed by atoms with Crippen LogP contribution in [-0.4, -0.2) is 41.0 Å². The number of nitrogens with zero attached hydrogens (tertiary/aromatic N) is 3. The summed E-state index contributed by atoms with van der Waals surface area (Å²) in [4.78, 5) is 17.2. The van der Waals surface area contributed by atoms with Crippen molar-refractivity contribution in [1.29, 1.82) is 0 Å². The number of nitrogens with one attached hydrogen (secondary N) is 1. The van der Waals surface area contributed by atoms with E-state index in [0.717, 1.165) is 30.4 Å². The van der Waals surface area contributed by atoms with E-state index in [1.54, 1.807) is 0 Å². The maximum absolute atomic E-state index is 11.2. The number of pyridine rings is 1. The Morgan fingerprint density at radius 1 is 1.45 bits per heavy atom. The minimum Gasteiger partial charge on any atom is -0.375 e. The fraction of sp³-hybridized carbons (Fsp3) is 0.357. The molecule has 6 nitrogen and oxygen atoms in total. The van der Waals surface area contributed by atoms with Crippen LogP contribution in [0.3, 0.4) is 0 Å². The molecule has 1 atom stereocenters. The number of aromatic nitrogens is 1. The molecule has 1 aromatic heterocycles. The number of benzene rings is 1. The zero-order valence-corrected chi connectivity index (χ0v) is 11.2. The van der Waals surface area contributed by atoms with Gasteiger partial charge in [0.2, 0.25) is 0 Å². The van der Waals surface area contributed by atoms with Gasteiger partial charge in [-0.2, -0.15) is 0 Å². The van der Waals surface area contributed by atoms with E-state index in [1.807, 2.05) is 24.3 Å². The molecule has 1 aliphatic rings. The van der Waals surface area contributed by atoms with Crippen LogP contribution in [0.15, 0.2) is 30.5 Å². The van der Waals surface area contributed by atoms with Gasteiger partial charge in [0.25, 0.3) is 0 Å². The first-order chi connectivity index (χ1) is 9.65. The summed E-state index contributed by atoms with van der Waals surface area (Å²) in [6.07, 6.45) is 2.33. The zero-order valence-electron chi connectivity index (χ0n) is 11.2. The molecule has 0 spiro atoms. The van der Waals surface area contributed by atoms with Gasteiger partial charge >= 0.3 is 5.69 Å². The molecule has 1 fully saturated rings. The number of para-hydroxylation sites is 1. The maximum atomic E-state index is 11.2. The van der Waals surface area contributed by atoms with Crippen LogP contribution in [0.4, 0.5) is 11.4 Å². The quantitative estimate of drug-likeness (QED) is 0.685. The van der Waals surface area contributed by atoms with Crippen LogP contribution in [0, 0.1) is 10.1 Å². The summed E-state index contributed by atoms with van der Waals surface area (Å²) < 4.78 is 0. The number of rotatable bonds is 3. The number of anilines is 1. The van der Waals surface area contributed by atoms with E-state index in [2.05, 4.69) is 22.2 Å². The molecule has 1 unspecified atom stereocenters. The van der Waals surface area contributed by atoms with Crippen molar-refractivity contribution in [3.63, 3.8) is 0 Å². The third-order valence-electron chi connectivity index (χ3n) is 3.69. The lowest BCUT2D eigenvalue weighted by Crippen LogP contribution is -2.24. The van der Waals surface area contributed by atoms with Gasteiger partial charge in [-0.25, -0.2) is 4.98 Å². The van der Waals surface area contributed by atoms with Gasteiger partial charge in [0.15, 0.2) is 0 Å². The largest absolute Gasteiger partial charge is 0.375 e. The van der Waals surface area contributed by atoms with Gasteiger partial charge in [-0.15, -0.1) is 0 Å². The Labute approximate surface area is 116 Å². The summed E-state index contributed by atoms with van der Waals surface area (Å²) in [6, 6.07) is 7.74. The molecule has 3 rings (SSSR count). The molecule has 1 aromatic carbocycles. The molecule has 20 heavy (non-hydrogen) atoms. The highest BCUT2D eigenvalue weighted by Gasteiger charge is 2.24. The van der Waals surface area contributed by atoms with Gasteiger partial charge in [-0.1, -0.05) is 18.2 Å². The molecule has 0 amide bonds. The van der Waals surface area contributed by atoms with Crippen LogP contribution in [-0.2, 0) is 0 Å². The second-order valence-corrected chi connectivity index (χ2v) is 5.18. The zero-order chi connectivity index (χ0) is 14.1. The number of fused-ring (bicyclic) bond motifs is 1. The van der Waals surface area contributed by atoms with E-state index >= 15 is 0 Å². The Kier molecular flexibility index (Phi) is 3.23. The van der Waals surface area contributed by atoms with Gasteiger partial charge in [-0.05, 0) is 26.1 Å². The maximum Gasteiger partial charge on any atom is 0.311 e. The molecule has 1 saturated heterocycles. The van der Waals surface area contributed by atoms with Gasteiger partial charge in [0, 0.05) is 18.0 Å². The average molecular weight is 272 g/mol. The monoisotopic (exact) mass is 272 g/mol. The lowest BCUT2D eigenvalue weighted by molar-refractivity contribution is -0.384. The standard InChI is InChI=1S/C14H16N4O2/c1-17-7-6-10(9-17)16-14-11-4-2-3-5-12(11)15-8-13(14)18(19)20/h2-5,8,10H,6-7,9H2,1H3,(H,15,16). The highest BCUT2D eigenvalue weighted by atomic mass is 16.6. The fourth-order valence-corrected chi connectivity index (χ4v) is 2.68. The lowest BCUT2D eigenvalue weighted by atomic mass is 10.1. The summed E-state index contributed by atoms with van der Waals surface area (Å²) in [7, 11) is 2.06. The second-order valence-electron chi connectivity index (χ2n) is 5.18. The number of likely N-dealkylation sites (tertiary alicyclic amines) is 1. The lowest BCUT2D eigenvalue weighted by Gasteiger charge is -2.15. The molecule has 2 aromatic rings. The molecule has 6 heteroatoms. The first-order valence-corrected chi connectivity index (χ1v) is 6.62. The highest BCUT2D eigenvalue weighted by Crippen LogP contribution is 2.32. The molecule has 1 N–H and O–H groups in total. The molecule has 1 aliphatic heterocycles. The molecular formula is C14H16N4O2. The van der Waals surface area contributed by atoms with Gasteiger partial charge in [0.05, 0.1) is 10.4 Å². The van der Waals surface area contributed by atoms with E-state index in [9.17, 15) is 10.1 Å². The molecule has 0 aliphatic carbocycles. The Bertz CT molecular complexity index is 659. The smallest absolute Gasteiger partial charge is 0.311 e. The summed E-state index contributed by atoms with van der Waals surface area (Å²) in [5.74, 6) is 0. The Balaban J connectivity index is 2.05. The first kappa shape index (κ1) is 12.8. The van der Waals surface area contributed by atoms with Crippen LogP contribution < -0.4 is 5.32 Å². The van der Waals surface area contributed by atoms with Crippen molar-refractivity contribution in [2.24, 2.45) is 0 Å². The van der Waals surface area contributed by atoms with Crippen molar-refractivity contribution in [3.8, 4) is 0 Å². The number of hydrogen-bond donors (Lipinski definition) is 1. The number of likely N-dealkylation sites (N-methyl/N-ethyl adjacent to an activating group) is 1. The van der Waals surface area contributed by atoms with E-state index in [0.29, 0.717) is 5.69 Å². The van der Waals surface area contributed by atoms with Crippen molar-refractivity contribution in [2.75, 3.05) is 25.5 Å². The first-order valence-electron chi connectivity index (χ1n) is 6.62. The predicted molar refractivity (Wildman–Crippen MR) is 77.9 cm³/mol. The Morgan fingerprint density at radius 2 is 2.25 bits per heavy atom. The minimum absolute atomic E-state index is 0.0400. The normalized spacial score (nSPS) is 19.4. The average Bonchev–Trinajstić information content (AvgIpc) is 2.84. The van der Waals surface area contributed by atoms with Crippen molar-refractivity contribution >= 4 is 22.3 Å². The van der Waals surface area contributed by atoms with Crippen LogP contribution in [0.5, 0.6) is 0 Å². The molecule has 0 radical (unpaired) electrons. The SMILES string of the molecule is CN1CCC(Nc2c([N+](=O)[O-])cnc3ccccc23)C1. The summed E-state index contributed by atoms with van der Waals surface area (Å²) >= 11 is 0. The van der Waals surface area contributed by atoms with Gasteiger partial charge in [-0.3, -0.25) is 10.1 Å². The van der Waals surface area contributed by atoms with Crippen LogP contribution >= 0.6 is 0 Å².